The van der Waals surface area contributed by atoms with E-state index in [9.17, 15) is 4.79 Å². The van der Waals surface area contributed by atoms with Gasteiger partial charge in [0.2, 0.25) is 0 Å². The van der Waals surface area contributed by atoms with Crippen LogP contribution >= 0.6 is 11.6 Å². The first-order chi connectivity index (χ1) is 13.6. The van der Waals surface area contributed by atoms with Crippen molar-refractivity contribution in [2.45, 2.75) is 46.1 Å². The molecule has 0 aliphatic rings. The third-order valence-corrected chi connectivity index (χ3v) is 4.73. The molecule has 6 heteroatoms. The average Bonchev–Trinajstić information content (AvgIpc) is 3.06. The summed E-state index contributed by atoms with van der Waals surface area (Å²) in [6.07, 6.45) is 5.09. The SMILES string of the molecule is CCCc1nn(-c2ccc(Cl)cc2)c(CCC)c1C(=O)NCc1ccccn1. The van der Waals surface area contributed by atoms with Crippen molar-refractivity contribution >= 4 is 17.5 Å². The Morgan fingerprint density at radius 3 is 2.46 bits per heavy atom. The van der Waals surface area contributed by atoms with E-state index >= 15 is 0 Å². The van der Waals surface area contributed by atoms with E-state index in [2.05, 4.69) is 24.1 Å². The fourth-order valence-electron chi connectivity index (χ4n) is 3.20. The minimum Gasteiger partial charge on any atom is -0.346 e. The average molecular weight is 397 g/mol. The molecule has 0 aliphatic carbocycles. The van der Waals surface area contributed by atoms with Crippen molar-refractivity contribution in [3.8, 4) is 5.69 Å². The summed E-state index contributed by atoms with van der Waals surface area (Å²) in [4.78, 5) is 17.4. The highest BCUT2D eigenvalue weighted by Crippen LogP contribution is 2.23. The van der Waals surface area contributed by atoms with Crippen LogP contribution in [0.2, 0.25) is 5.02 Å². The zero-order valence-corrected chi connectivity index (χ0v) is 17.0. The molecule has 5 nitrogen and oxygen atoms in total. The van der Waals surface area contributed by atoms with Gasteiger partial charge in [-0.05, 0) is 49.2 Å². The van der Waals surface area contributed by atoms with Crippen LogP contribution in [0.15, 0.2) is 48.7 Å². The number of carbonyl (C=O) groups is 1. The third kappa shape index (κ3) is 4.60. The molecule has 2 aromatic heterocycles. The number of aromatic nitrogens is 3. The maximum Gasteiger partial charge on any atom is 0.255 e. The fourth-order valence-corrected chi connectivity index (χ4v) is 3.33. The topological polar surface area (TPSA) is 59.8 Å². The maximum absolute atomic E-state index is 13.1. The first kappa shape index (κ1) is 20.1. The lowest BCUT2D eigenvalue weighted by Gasteiger charge is -2.10. The predicted molar refractivity (Wildman–Crippen MR) is 112 cm³/mol. The summed E-state index contributed by atoms with van der Waals surface area (Å²) in [5, 5.41) is 8.48. The number of carbonyl (C=O) groups excluding carboxylic acids is 1. The molecular formula is C22H25ClN4O. The molecule has 3 aromatic rings. The molecule has 0 aliphatic heterocycles. The van der Waals surface area contributed by atoms with E-state index in [1.165, 1.54) is 0 Å². The van der Waals surface area contributed by atoms with Crippen LogP contribution in [0.3, 0.4) is 0 Å². The van der Waals surface area contributed by atoms with Gasteiger partial charge in [0.25, 0.3) is 5.91 Å². The Labute approximate surface area is 170 Å². The van der Waals surface area contributed by atoms with E-state index in [1.807, 2.05) is 47.1 Å². The zero-order valence-electron chi connectivity index (χ0n) is 16.3. The second-order valence-corrected chi connectivity index (χ2v) is 7.10. The number of amides is 1. The number of hydrogen-bond acceptors (Lipinski definition) is 3. The van der Waals surface area contributed by atoms with E-state index in [-0.39, 0.29) is 5.91 Å². The van der Waals surface area contributed by atoms with Gasteiger partial charge in [-0.1, -0.05) is 44.4 Å². The molecule has 1 amide bonds. The van der Waals surface area contributed by atoms with Crippen LogP contribution in [-0.2, 0) is 19.4 Å². The molecule has 28 heavy (non-hydrogen) atoms. The van der Waals surface area contributed by atoms with E-state index in [1.54, 1.807) is 6.20 Å². The van der Waals surface area contributed by atoms with Crippen molar-refractivity contribution in [2.75, 3.05) is 0 Å². The number of aryl methyl sites for hydroxylation is 1. The van der Waals surface area contributed by atoms with Crippen molar-refractivity contribution in [2.24, 2.45) is 0 Å². The Bertz CT molecular complexity index is 920. The number of nitrogens with one attached hydrogen (secondary N) is 1. The molecule has 1 aromatic carbocycles. The monoisotopic (exact) mass is 396 g/mol. The quantitative estimate of drug-likeness (QED) is 0.597. The first-order valence-corrected chi connectivity index (χ1v) is 10.1. The van der Waals surface area contributed by atoms with E-state index in [0.717, 1.165) is 48.5 Å². The van der Waals surface area contributed by atoms with Gasteiger partial charge < -0.3 is 5.32 Å². The Hall–Kier alpha value is -2.66. The summed E-state index contributed by atoms with van der Waals surface area (Å²) in [6.45, 7) is 4.59. The van der Waals surface area contributed by atoms with Crippen LogP contribution in [0, 0.1) is 0 Å². The molecule has 0 fully saturated rings. The smallest absolute Gasteiger partial charge is 0.255 e. The minimum absolute atomic E-state index is 0.0993. The Morgan fingerprint density at radius 2 is 1.82 bits per heavy atom. The molecule has 0 unspecified atom stereocenters. The van der Waals surface area contributed by atoms with Gasteiger partial charge in [-0.25, -0.2) is 4.68 Å². The molecule has 0 atom stereocenters. The van der Waals surface area contributed by atoms with Crippen LogP contribution in [0.1, 0.15) is 54.1 Å². The van der Waals surface area contributed by atoms with Crippen molar-refractivity contribution in [1.29, 1.82) is 0 Å². The number of nitrogens with zero attached hydrogens (tertiary/aromatic N) is 3. The highest BCUT2D eigenvalue weighted by atomic mass is 35.5. The van der Waals surface area contributed by atoms with Gasteiger partial charge in [-0.2, -0.15) is 5.10 Å². The van der Waals surface area contributed by atoms with Gasteiger partial charge in [0, 0.05) is 11.2 Å². The summed E-state index contributed by atoms with van der Waals surface area (Å²) in [7, 11) is 0. The Balaban J connectivity index is 1.97. The molecule has 2 heterocycles. The Morgan fingerprint density at radius 1 is 1.07 bits per heavy atom. The summed E-state index contributed by atoms with van der Waals surface area (Å²) in [5.41, 5.74) is 4.20. The number of pyridine rings is 1. The molecule has 1 N–H and O–H groups in total. The second-order valence-electron chi connectivity index (χ2n) is 6.66. The molecule has 0 radical (unpaired) electrons. The van der Waals surface area contributed by atoms with E-state index < -0.39 is 0 Å². The normalized spacial score (nSPS) is 10.8. The summed E-state index contributed by atoms with van der Waals surface area (Å²) in [5.74, 6) is -0.0993. The predicted octanol–water partition coefficient (Wildman–Crippen LogP) is 4.76. The molecule has 0 bridgehead atoms. The maximum atomic E-state index is 13.1. The Kier molecular flexibility index (Phi) is 6.82. The van der Waals surface area contributed by atoms with Gasteiger partial charge in [0.05, 0.1) is 34.9 Å². The molecule has 0 saturated carbocycles. The largest absolute Gasteiger partial charge is 0.346 e. The van der Waals surface area contributed by atoms with Crippen LogP contribution in [0.25, 0.3) is 5.69 Å². The van der Waals surface area contributed by atoms with Crippen molar-refractivity contribution < 1.29 is 4.79 Å². The molecule has 146 valence electrons. The van der Waals surface area contributed by atoms with Crippen molar-refractivity contribution in [3.05, 3.63) is 76.3 Å². The van der Waals surface area contributed by atoms with Gasteiger partial charge in [0.1, 0.15) is 0 Å². The lowest BCUT2D eigenvalue weighted by molar-refractivity contribution is 0.0948. The van der Waals surface area contributed by atoms with E-state index in [4.69, 9.17) is 16.7 Å². The third-order valence-electron chi connectivity index (χ3n) is 4.48. The second kappa shape index (κ2) is 9.51. The summed E-state index contributed by atoms with van der Waals surface area (Å²) >= 11 is 6.04. The van der Waals surface area contributed by atoms with Gasteiger partial charge in [0.15, 0.2) is 0 Å². The lowest BCUT2D eigenvalue weighted by Crippen LogP contribution is -2.25. The van der Waals surface area contributed by atoms with Crippen LogP contribution < -0.4 is 5.32 Å². The van der Waals surface area contributed by atoms with Gasteiger partial charge >= 0.3 is 0 Å². The molecular weight excluding hydrogens is 372 g/mol. The minimum atomic E-state index is -0.0993. The lowest BCUT2D eigenvalue weighted by atomic mass is 10.1. The standard InChI is InChI=1S/C22H25ClN4O/c1-3-7-19-21(22(28)25-15-17-9-5-6-14-24-17)20(8-4-2)27(26-19)18-12-10-16(23)11-13-18/h5-6,9-14H,3-4,7-8,15H2,1-2H3,(H,25,28). The number of hydrogen-bond donors (Lipinski definition) is 1. The summed E-state index contributed by atoms with van der Waals surface area (Å²) < 4.78 is 1.89. The van der Waals surface area contributed by atoms with Gasteiger partial charge in [-0.3, -0.25) is 9.78 Å². The highest BCUT2D eigenvalue weighted by Gasteiger charge is 2.23. The fraction of sp³-hybridized carbons (Fsp3) is 0.318. The number of benzene rings is 1. The first-order valence-electron chi connectivity index (χ1n) is 9.68. The van der Waals surface area contributed by atoms with Crippen LogP contribution in [0.4, 0.5) is 0 Å². The van der Waals surface area contributed by atoms with Gasteiger partial charge in [-0.15, -0.1) is 0 Å². The highest BCUT2D eigenvalue weighted by molar-refractivity contribution is 6.30. The van der Waals surface area contributed by atoms with Crippen molar-refractivity contribution in [1.82, 2.24) is 20.1 Å². The van der Waals surface area contributed by atoms with Crippen LogP contribution in [-0.4, -0.2) is 20.7 Å². The molecule has 0 spiro atoms. The molecule has 3 rings (SSSR count). The van der Waals surface area contributed by atoms with Crippen molar-refractivity contribution in [3.63, 3.8) is 0 Å². The molecule has 0 saturated heterocycles. The zero-order chi connectivity index (χ0) is 19.9. The van der Waals surface area contributed by atoms with Crippen LogP contribution in [0.5, 0.6) is 0 Å². The number of rotatable bonds is 8. The van der Waals surface area contributed by atoms with E-state index in [0.29, 0.717) is 17.1 Å². The number of halogens is 1. The summed E-state index contributed by atoms with van der Waals surface area (Å²) in [6, 6.07) is 13.2.